The van der Waals surface area contributed by atoms with Gasteiger partial charge in [-0.3, -0.25) is 4.79 Å². The number of esters is 1. The molecule has 5 heteroatoms. The topological polar surface area (TPSA) is 64.6 Å². The molecule has 0 spiro atoms. The van der Waals surface area contributed by atoms with Crippen LogP contribution in [0.25, 0.3) is 0 Å². The van der Waals surface area contributed by atoms with E-state index in [-0.39, 0.29) is 5.91 Å². The molecule has 0 saturated carbocycles. The summed E-state index contributed by atoms with van der Waals surface area (Å²) in [5, 5.41) is 2.64. The summed E-state index contributed by atoms with van der Waals surface area (Å²) in [5.41, 5.74) is -0.0929. The van der Waals surface area contributed by atoms with Crippen LogP contribution in [-0.2, 0) is 25.5 Å². The fourth-order valence-electron chi connectivity index (χ4n) is 1.81. The summed E-state index contributed by atoms with van der Waals surface area (Å²) >= 11 is 0. The van der Waals surface area contributed by atoms with Gasteiger partial charge in [-0.1, -0.05) is 30.3 Å². The number of nitrogens with one attached hydrogen (secondary N) is 1. The lowest BCUT2D eigenvalue weighted by atomic mass is 10.0. The normalized spacial score (nSPS) is 12.6. The van der Waals surface area contributed by atoms with E-state index < -0.39 is 17.6 Å². The first-order chi connectivity index (χ1) is 9.40. The smallest absolute Gasteiger partial charge is 0.330 e. The monoisotopic (exact) mass is 279 g/mol. The van der Waals surface area contributed by atoms with Gasteiger partial charge in [0.05, 0.1) is 7.11 Å². The van der Waals surface area contributed by atoms with E-state index in [1.54, 1.807) is 13.8 Å². The van der Waals surface area contributed by atoms with E-state index in [4.69, 9.17) is 4.74 Å². The number of rotatable bonds is 6. The van der Waals surface area contributed by atoms with Gasteiger partial charge in [0, 0.05) is 13.5 Å². The summed E-state index contributed by atoms with van der Waals surface area (Å²) in [6, 6.07) is 9.55. The Hall–Kier alpha value is -1.88. The third kappa shape index (κ3) is 4.35. The molecule has 5 nitrogen and oxygen atoms in total. The first kappa shape index (κ1) is 16.2. The summed E-state index contributed by atoms with van der Waals surface area (Å²) in [7, 11) is 2.76. The van der Waals surface area contributed by atoms with Crippen LogP contribution in [0.15, 0.2) is 30.3 Å². The van der Waals surface area contributed by atoms with Crippen molar-refractivity contribution >= 4 is 11.9 Å². The Morgan fingerprint density at radius 1 is 1.20 bits per heavy atom. The third-order valence-electron chi connectivity index (χ3n) is 2.97. The summed E-state index contributed by atoms with van der Waals surface area (Å²) in [4.78, 5) is 23.7. The van der Waals surface area contributed by atoms with Gasteiger partial charge >= 0.3 is 5.97 Å². The lowest BCUT2D eigenvalue weighted by Gasteiger charge is -2.25. The third-order valence-corrected chi connectivity index (χ3v) is 2.97. The molecule has 0 heterocycles. The van der Waals surface area contributed by atoms with E-state index in [0.717, 1.165) is 5.56 Å². The van der Waals surface area contributed by atoms with Crippen molar-refractivity contribution < 1.29 is 19.1 Å². The predicted molar refractivity (Wildman–Crippen MR) is 75.2 cm³/mol. The molecule has 0 aliphatic rings. The van der Waals surface area contributed by atoms with Gasteiger partial charge in [0.1, 0.15) is 11.6 Å². The van der Waals surface area contributed by atoms with Gasteiger partial charge in [-0.05, 0) is 19.4 Å². The summed E-state index contributed by atoms with van der Waals surface area (Å²) < 4.78 is 9.86. The second-order valence-electron chi connectivity index (χ2n) is 5.02. The van der Waals surface area contributed by atoms with Crippen LogP contribution in [0.4, 0.5) is 0 Å². The highest BCUT2D eigenvalue weighted by Crippen LogP contribution is 2.09. The van der Waals surface area contributed by atoms with E-state index in [9.17, 15) is 9.59 Å². The van der Waals surface area contributed by atoms with E-state index >= 15 is 0 Å². The van der Waals surface area contributed by atoms with Gasteiger partial charge in [0.2, 0.25) is 5.91 Å². The number of carbonyl (C=O) groups is 2. The minimum Gasteiger partial charge on any atom is -0.467 e. The Morgan fingerprint density at radius 3 is 2.30 bits per heavy atom. The summed E-state index contributed by atoms with van der Waals surface area (Å²) in [5.74, 6) is -0.841. The molecule has 0 aromatic heterocycles. The highest BCUT2D eigenvalue weighted by atomic mass is 16.5. The fourth-order valence-corrected chi connectivity index (χ4v) is 1.81. The number of hydrogen-bond donors (Lipinski definition) is 1. The maximum absolute atomic E-state index is 12.2. The lowest BCUT2D eigenvalue weighted by Crippen LogP contribution is -2.54. The van der Waals surface area contributed by atoms with Crippen LogP contribution < -0.4 is 5.32 Å². The zero-order valence-electron chi connectivity index (χ0n) is 12.3. The molecule has 0 bridgehead atoms. The molecule has 0 aliphatic carbocycles. The van der Waals surface area contributed by atoms with Crippen molar-refractivity contribution in [3.63, 3.8) is 0 Å². The van der Waals surface area contributed by atoms with E-state index in [2.05, 4.69) is 10.1 Å². The van der Waals surface area contributed by atoms with Crippen molar-refractivity contribution in [3.8, 4) is 0 Å². The van der Waals surface area contributed by atoms with Gasteiger partial charge in [0.15, 0.2) is 0 Å². The van der Waals surface area contributed by atoms with Gasteiger partial charge < -0.3 is 14.8 Å². The first-order valence-corrected chi connectivity index (χ1v) is 6.38. The van der Waals surface area contributed by atoms with E-state index in [1.807, 2.05) is 30.3 Å². The summed E-state index contributed by atoms with van der Waals surface area (Å²) in [6.07, 6.45) is -0.207. The van der Waals surface area contributed by atoms with Crippen LogP contribution in [0.3, 0.4) is 0 Å². The Labute approximate surface area is 119 Å². The van der Waals surface area contributed by atoms with Gasteiger partial charge in [-0.2, -0.15) is 0 Å². The van der Waals surface area contributed by atoms with Crippen LogP contribution in [0, 0.1) is 0 Å². The molecule has 1 rings (SSSR count). The van der Waals surface area contributed by atoms with Crippen molar-refractivity contribution in [3.05, 3.63) is 35.9 Å². The van der Waals surface area contributed by atoms with Crippen LogP contribution in [0.1, 0.15) is 19.4 Å². The van der Waals surface area contributed by atoms with Crippen molar-refractivity contribution in [1.29, 1.82) is 0 Å². The Bertz CT molecular complexity index is 456. The van der Waals surface area contributed by atoms with Crippen molar-refractivity contribution in [2.24, 2.45) is 0 Å². The maximum Gasteiger partial charge on any atom is 0.330 e. The lowest BCUT2D eigenvalue weighted by molar-refractivity contribution is -0.151. The zero-order chi connectivity index (χ0) is 15.2. The fraction of sp³-hybridized carbons (Fsp3) is 0.467. The largest absolute Gasteiger partial charge is 0.467 e. The number of ether oxygens (including phenoxy) is 2. The number of carbonyl (C=O) groups excluding carboxylic acids is 2. The quantitative estimate of drug-likeness (QED) is 0.797. The average molecular weight is 279 g/mol. The minimum atomic E-state index is -1.08. The molecule has 0 saturated heterocycles. The van der Waals surface area contributed by atoms with E-state index in [1.165, 1.54) is 14.2 Å². The van der Waals surface area contributed by atoms with Gasteiger partial charge in [-0.25, -0.2) is 4.79 Å². The molecule has 0 aliphatic heterocycles. The molecule has 20 heavy (non-hydrogen) atoms. The molecule has 1 amide bonds. The average Bonchev–Trinajstić information content (AvgIpc) is 2.44. The van der Waals surface area contributed by atoms with Gasteiger partial charge in [-0.15, -0.1) is 0 Å². The van der Waals surface area contributed by atoms with Crippen LogP contribution >= 0.6 is 0 Å². The van der Waals surface area contributed by atoms with Crippen molar-refractivity contribution in [2.45, 2.75) is 31.9 Å². The second-order valence-corrected chi connectivity index (χ2v) is 5.02. The Morgan fingerprint density at radius 2 is 1.80 bits per heavy atom. The molecule has 1 aromatic carbocycles. The maximum atomic E-state index is 12.2. The number of hydrogen-bond acceptors (Lipinski definition) is 4. The number of benzene rings is 1. The number of amides is 1. The second kappa shape index (κ2) is 7.05. The standard InChI is InChI=1S/C15H21NO4/c1-15(2,14(18)20-4)16-13(17)12(19-3)10-11-8-6-5-7-9-11/h5-9,12H,10H2,1-4H3,(H,16,17). The highest BCUT2D eigenvalue weighted by molar-refractivity contribution is 5.89. The molecule has 1 aromatic rings. The molecule has 1 unspecified atom stereocenters. The minimum absolute atomic E-state index is 0.341. The first-order valence-electron chi connectivity index (χ1n) is 6.38. The molecule has 0 fully saturated rings. The van der Waals surface area contributed by atoms with Crippen LogP contribution in [0.2, 0.25) is 0 Å². The molecule has 1 atom stereocenters. The molecule has 0 radical (unpaired) electrons. The molecule has 1 N–H and O–H groups in total. The van der Waals surface area contributed by atoms with E-state index in [0.29, 0.717) is 6.42 Å². The summed E-state index contributed by atoms with van der Waals surface area (Å²) in [6.45, 7) is 3.18. The van der Waals surface area contributed by atoms with Crippen LogP contribution in [-0.4, -0.2) is 37.7 Å². The highest BCUT2D eigenvalue weighted by Gasteiger charge is 2.33. The Balaban J connectivity index is 2.71. The van der Waals surface area contributed by atoms with Crippen molar-refractivity contribution in [2.75, 3.05) is 14.2 Å². The van der Waals surface area contributed by atoms with Gasteiger partial charge in [0.25, 0.3) is 0 Å². The van der Waals surface area contributed by atoms with Crippen molar-refractivity contribution in [1.82, 2.24) is 5.32 Å². The SMILES string of the molecule is COC(=O)C(C)(C)NC(=O)C(Cc1ccccc1)OC. The molecular formula is C15H21NO4. The Kier molecular flexibility index (Phi) is 5.70. The molecular weight excluding hydrogens is 258 g/mol. The van der Waals surface area contributed by atoms with Crippen LogP contribution in [0.5, 0.6) is 0 Å². The predicted octanol–water partition coefficient (Wildman–Crippen LogP) is 1.31. The molecule has 110 valence electrons. The zero-order valence-corrected chi connectivity index (χ0v) is 12.3. The number of methoxy groups -OCH3 is 2.